The maximum atomic E-state index is 13.0. The quantitative estimate of drug-likeness (QED) is 0.320. The number of ether oxygens (including phenoxy) is 1. The molecule has 0 radical (unpaired) electrons. The summed E-state index contributed by atoms with van der Waals surface area (Å²) in [6.07, 6.45) is 5.36. The molecule has 206 valence electrons. The highest BCUT2D eigenvalue weighted by Gasteiger charge is 2.16. The monoisotopic (exact) mass is 531 g/mol. The van der Waals surface area contributed by atoms with E-state index in [-0.39, 0.29) is 11.8 Å². The van der Waals surface area contributed by atoms with E-state index in [1.807, 2.05) is 25.1 Å². The lowest BCUT2D eigenvalue weighted by Gasteiger charge is -2.27. The molecular weight excluding hydrogens is 494 g/mol. The van der Waals surface area contributed by atoms with Crippen LogP contribution in [0.5, 0.6) is 0 Å². The Kier molecular flexibility index (Phi) is 9.82. The van der Waals surface area contributed by atoms with E-state index in [1.165, 1.54) is 0 Å². The molecule has 3 N–H and O–H groups in total. The second kappa shape index (κ2) is 13.7. The fourth-order valence-electron chi connectivity index (χ4n) is 4.16. The molecule has 1 saturated heterocycles. The summed E-state index contributed by atoms with van der Waals surface area (Å²) in [6.45, 7) is 6.56. The Morgan fingerprint density at radius 1 is 0.949 bits per heavy atom. The summed E-state index contributed by atoms with van der Waals surface area (Å²) in [6, 6.07) is 12.5. The number of aryl methyl sites for hydroxylation is 1. The third kappa shape index (κ3) is 8.23. The van der Waals surface area contributed by atoms with Crippen LogP contribution in [0.25, 0.3) is 0 Å². The Balaban J connectivity index is 1.34. The molecule has 0 bridgehead atoms. The van der Waals surface area contributed by atoms with Crippen LogP contribution in [0.2, 0.25) is 0 Å². The summed E-state index contributed by atoms with van der Waals surface area (Å²) < 4.78 is 5.40. The fraction of sp³-hybridized carbons (Fsp3) is 0.379. The Labute approximate surface area is 229 Å². The number of hydrogen-bond acceptors (Lipinski definition) is 8. The zero-order valence-electron chi connectivity index (χ0n) is 22.9. The van der Waals surface area contributed by atoms with E-state index in [0.717, 1.165) is 56.2 Å². The summed E-state index contributed by atoms with van der Waals surface area (Å²) in [7, 11) is 4.13. The minimum absolute atomic E-state index is 0.248. The minimum atomic E-state index is -0.268. The van der Waals surface area contributed by atoms with Crippen molar-refractivity contribution in [2.75, 3.05) is 74.3 Å². The molecule has 0 atom stereocenters. The van der Waals surface area contributed by atoms with Crippen LogP contribution in [0, 0.1) is 6.92 Å². The normalized spacial score (nSPS) is 13.3. The van der Waals surface area contributed by atoms with E-state index in [0.29, 0.717) is 35.7 Å². The van der Waals surface area contributed by atoms with Gasteiger partial charge in [0.25, 0.3) is 11.8 Å². The van der Waals surface area contributed by atoms with Gasteiger partial charge in [0.1, 0.15) is 11.6 Å². The summed E-state index contributed by atoms with van der Waals surface area (Å²) in [4.78, 5) is 38.9. The average Bonchev–Trinajstić information content (AvgIpc) is 2.95. The molecule has 3 aromatic rings. The molecule has 2 aromatic heterocycles. The van der Waals surface area contributed by atoms with Gasteiger partial charge in [-0.2, -0.15) is 0 Å². The second-order valence-corrected chi connectivity index (χ2v) is 9.81. The highest BCUT2D eigenvalue weighted by molar-refractivity contribution is 6.07. The van der Waals surface area contributed by atoms with Gasteiger partial charge in [0.15, 0.2) is 0 Å². The van der Waals surface area contributed by atoms with Crippen LogP contribution in [0.3, 0.4) is 0 Å². The van der Waals surface area contributed by atoms with E-state index in [9.17, 15) is 9.59 Å². The Morgan fingerprint density at radius 3 is 2.49 bits per heavy atom. The van der Waals surface area contributed by atoms with Gasteiger partial charge >= 0.3 is 0 Å². The Morgan fingerprint density at radius 2 is 1.74 bits per heavy atom. The van der Waals surface area contributed by atoms with Crippen molar-refractivity contribution in [2.45, 2.75) is 19.8 Å². The molecule has 0 saturated carbocycles. The van der Waals surface area contributed by atoms with Gasteiger partial charge in [-0.05, 0) is 82.4 Å². The largest absolute Gasteiger partial charge is 0.378 e. The predicted molar refractivity (Wildman–Crippen MR) is 155 cm³/mol. The van der Waals surface area contributed by atoms with Crippen molar-refractivity contribution in [1.82, 2.24) is 14.9 Å². The van der Waals surface area contributed by atoms with E-state index < -0.39 is 0 Å². The fourth-order valence-corrected chi connectivity index (χ4v) is 4.16. The van der Waals surface area contributed by atoms with Gasteiger partial charge in [-0.15, -0.1) is 0 Å². The number of benzene rings is 1. The van der Waals surface area contributed by atoms with Crippen LogP contribution in [0.1, 0.15) is 39.1 Å². The van der Waals surface area contributed by atoms with Gasteiger partial charge in [-0.25, -0.2) is 9.97 Å². The summed E-state index contributed by atoms with van der Waals surface area (Å²) in [5.41, 5.74) is 3.04. The highest BCUT2D eigenvalue weighted by atomic mass is 16.5. The third-order valence-electron chi connectivity index (χ3n) is 6.45. The molecule has 39 heavy (non-hydrogen) atoms. The van der Waals surface area contributed by atoms with Crippen LogP contribution in [-0.4, -0.2) is 80.2 Å². The Hall–Kier alpha value is -4.02. The van der Waals surface area contributed by atoms with Gasteiger partial charge in [0.05, 0.1) is 18.8 Å². The number of nitrogens with zero attached hydrogens (tertiary/aromatic N) is 4. The molecule has 1 aliphatic rings. The summed E-state index contributed by atoms with van der Waals surface area (Å²) in [5.74, 6) is 0.977. The van der Waals surface area contributed by atoms with Gasteiger partial charge < -0.3 is 30.5 Å². The van der Waals surface area contributed by atoms with Crippen LogP contribution in [0.4, 0.5) is 23.0 Å². The first-order valence-corrected chi connectivity index (χ1v) is 13.3. The van der Waals surface area contributed by atoms with E-state index in [2.05, 4.69) is 49.8 Å². The van der Waals surface area contributed by atoms with Gasteiger partial charge in [0.2, 0.25) is 0 Å². The molecule has 2 amide bonds. The number of morpholine rings is 1. The number of unbranched alkanes of at least 4 members (excludes halogenated alkanes) is 1. The second-order valence-electron chi connectivity index (χ2n) is 9.81. The minimum Gasteiger partial charge on any atom is -0.378 e. The first-order valence-electron chi connectivity index (χ1n) is 13.3. The van der Waals surface area contributed by atoms with E-state index >= 15 is 0 Å². The first kappa shape index (κ1) is 28.0. The molecular formula is C29H37N7O3. The number of anilines is 4. The van der Waals surface area contributed by atoms with Crippen molar-refractivity contribution in [3.05, 3.63) is 71.5 Å². The van der Waals surface area contributed by atoms with E-state index in [1.54, 1.807) is 36.7 Å². The van der Waals surface area contributed by atoms with Gasteiger partial charge in [0, 0.05) is 49.0 Å². The van der Waals surface area contributed by atoms with Gasteiger partial charge in [-0.3, -0.25) is 9.59 Å². The molecule has 0 aliphatic carbocycles. The zero-order chi connectivity index (χ0) is 27.6. The van der Waals surface area contributed by atoms with E-state index in [4.69, 9.17) is 4.74 Å². The molecule has 0 spiro atoms. The van der Waals surface area contributed by atoms with Crippen molar-refractivity contribution in [1.29, 1.82) is 0 Å². The van der Waals surface area contributed by atoms with Crippen LogP contribution >= 0.6 is 0 Å². The van der Waals surface area contributed by atoms with Crippen LogP contribution in [0.15, 0.2) is 54.9 Å². The number of carbonyl (C=O) groups excluding carboxylic acids is 2. The van der Waals surface area contributed by atoms with Gasteiger partial charge in [-0.1, -0.05) is 6.07 Å². The molecule has 10 heteroatoms. The third-order valence-corrected chi connectivity index (χ3v) is 6.45. The Bertz CT molecular complexity index is 1260. The average molecular weight is 532 g/mol. The number of hydrogen-bond donors (Lipinski definition) is 3. The van der Waals surface area contributed by atoms with Crippen molar-refractivity contribution in [2.24, 2.45) is 0 Å². The lowest BCUT2D eigenvalue weighted by atomic mass is 10.1. The zero-order valence-corrected chi connectivity index (χ0v) is 22.9. The molecule has 4 rings (SSSR count). The number of rotatable bonds is 11. The summed E-state index contributed by atoms with van der Waals surface area (Å²) >= 11 is 0. The standard InChI is InChI=1S/C29H37N7O3/c1-21-6-8-24(33-28(37)22-10-12-31-27(18-22)36-14-16-39-17-15-36)19-25(21)34-29(38)23-7-9-26(32-20-23)30-11-4-5-13-35(2)3/h6-10,12,18-20H,4-5,11,13-17H2,1-3H3,(H,30,32)(H,33,37)(H,34,38). The first-order chi connectivity index (χ1) is 18.9. The number of nitrogens with one attached hydrogen (secondary N) is 3. The van der Waals surface area contributed by atoms with Crippen molar-refractivity contribution in [3.63, 3.8) is 0 Å². The molecule has 10 nitrogen and oxygen atoms in total. The molecule has 3 heterocycles. The van der Waals surface area contributed by atoms with Crippen molar-refractivity contribution >= 4 is 34.8 Å². The summed E-state index contributed by atoms with van der Waals surface area (Å²) in [5, 5.41) is 9.16. The number of carbonyl (C=O) groups is 2. The number of aromatic nitrogens is 2. The predicted octanol–water partition coefficient (Wildman–Crippen LogP) is 3.88. The lowest BCUT2D eigenvalue weighted by molar-refractivity contribution is 0.101. The smallest absolute Gasteiger partial charge is 0.257 e. The molecule has 1 aliphatic heterocycles. The van der Waals surface area contributed by atoms with Crippen LogP contribution < -0.4 is 20.9 Å². The SMILES string of the molecule is Cc1ccc(NC(=O)c2ccnc(N3CCOCC3)c2)cc1NC(=O)c1ccc(NCCCCN(C)C)nc1. The van der Waals surface area contributed by atoms with Crippen molar-refractivity contribution < 1.29 is 14.3 Å². The number of pyridine rings is 2. The lowest BCUT2D eigenvalue weighted by Crippen LogP contribution is -2.36. The van der Waals surface area contributed by atoms with Crippen LogP contribution in [-0.2, 0) is 4.74 Å². The maximum absolute atomic E-state index is 13.0. The molecule has 1 fully saturated rings. The highest BCUT2D eigenvalue weighted by Crippen LogP contribution is 2.22. The van der Waals surface area contributed by atoms with Crippen molar-refractivity contribution in [3.8, 4) is 0 Å². The molecule has 1 aromatic carbocycles. The maximum Gasteiger partial charge on any atom is 0.257 e. The number of amides is 2. The topological polar surface area (TPSA) is 112 Å². The molecule has 0 unspecified atom stereocenters.